The Morgan fingerprint density at radius 1 is 1.55 bits per heavy atom. The van der Waals surface area contributed by atoms with Crippen LogP contribution < -0.4 is 5.32 Å². The third-order valence-electron chi connectivity index (χ3n) is 2.53. The fourth-order valence-electron chi connectivity index (χ4n) is 1.33. The van der Waals surface area contributed by atoms with Gasteiger partial charge in [-0.25, -0.2) is 0 Å². The fourth-order valence-corrected chi connectivity index (χ4v) is 2.91. The van der Waals surface area contributed by atoms with Gasteiger partial charge >= 0.3 is 0 Å². The lowest BCUT2D eigenvalue weighted by Crippen LogP contribution is -2.32. The van der Waals surface area contributed by atoms with E-state index in [0.29, 0.717) is 0 Å². The monoisotopic (exact) mass is 173 g/mol. The Bertz CT molecular complexity index is 116. The van der Waals surface area contributed by atoms with E-state index in [1.54, 1.807) is 0 Å². The Balaban J connectivity index is 2.29. The highest BCUT2D eigenvalue weighted by atomic mass is 32.2. The normalized spacial score (nSPS) is 34.1. The maximum Gasteiger partial charge on any atom is 0.0560 e. The van der Waals surface area contributed by atoms with Crippen molar-refractivity contribution < 1.29 is 0 Å². The van der Waals surface area contributed by atoms with Crippen molar-refractivity contribution in [3.05, 3.63) is 0 Å². The Hall–Kier alpha value is 0.310. The van der Waals surface area contributed by atoms with Crippen LogP contribution in [0.1, 0.15) is 33.6 Å². The summed E-state index contributed by atoms with van der Waals surface area (Å²) in [6.07, 6.45) is 2.57. The molecule has 3 atom stereocenters. The maximum atomic E-state index is 3.65. The van der Waals surface area contributed by atoms with Crippen molar-refractivity contribution in [3.63, 3.8) is 0 Å². The minimum atomic E-state index is 0.727. The van der Waals surface area contributed by atoms with Gasteiger partial charge < -0.3 is 5.32 Å². The summed E-state index contributed by atoms with van der Waals surface area (Å²) in [4.78, 5) is 0. The van der Waals surface area contributed by atoms with Crippen LogP contribution in [0.15, 0.2) is 0 Å². The molecular weight excluding hydrogens is 154 g/mol. The van der Waals surface area contributed by atoms with Crippen LogP contribution in [-0.2, 0) is 0 Å². The van der Waals surface area contributed by atoms with Crippen molar-refractivity contribution in [2.45, 2.75) is 45.0 Å². The van der Waals surface area contributed by atoms with Crippen LogP contribution in [0.4, 0.5) is 0 Å². The van der Waals surface area contributed by atoms with E-state index in [1.807, 2.05) is 0 Å². The fraction of sp³-hybridized carbons (Fsp3) is 1.00. The molecule has 1 nitrogen and oxygen atoms in total. The molecule has 0 radical (unpaired) electrons. The SMILES string of the molecule is CCC1CSC(C(C)CC)N1. The highest BCUT2D eigenvalue weighted by Crippen LogP contribution is 2.27. The molecule has 0 aromatic rings. The summed E-state index contributed by atoms with van der Waals surface area (Å²) >= 11 is 2.10. The average molecular weight is 173 g/mol. The molecule has 3 unspecified atom stereocenters. The maximum absolute atomic E-state index is 3.65. The Morgan fingerprint density at radius 3 is 2.73 bits per heavy atom. The lowest BCUT2D eigenvalue weighted by Gasteiger charge is -2.17. The number of nitrogens with one attached hydrogen (secondary N) is 1. The molecule has 1 heterocycles. The van der Waals surface area contributed by atoms with Crippen LogP contribution in [-0.4, -0.2) is 17.2 Å². The zero-order chi connectivity index (χ0) is 8.27. The molecule has 1 rings (SSSR count). The van der Waals surface area contributed by atoms with Crippen molar-refractivity contribution in [2.75, 3.05) is 5.75 Å². The molecular formula is C9H19NS. The van der Waals surface area contributed by atoms with Crippen molar-refractivity contribution in [1.29, 1.82) is 0 Å². The lowest BCUT2D eigenvalue weighted by molar-refractivity contribution is 0.441. The molecule has 11 heavy (non-hydrogen) atoms. The predicted molar refractivity (Wildman–Crippen MR) is 52.9 cm³/mol. The number of rotatable bonds is 3. The summed E-state index contributed by atoms with van der Waals surface area (Å²) in [6.45, 7) is 6.87. The molecule has 0 spiro atoms. The highest BCUT2D eigenvalue weighted by molar-refractivity contribution is 8.00. The summed E-state index contributed by atoms with van der Waals surface area (Å²) in [5.74, 6) is 2.14. The molecule has 1 aliphatic rings. The Labute approximate surface area is 74.3 Å². The Morgan fingerprint density at radius 2 is 2.27 bits per heavy atom. The van der Waals surface area contributed by atoms with Gasteiger partial charge in [0.15, 0.2) is 0 Å². The van der Waals surface area contributed by atoms with E-state index in [9.17, 15) is 0 Å². The van der Waals surface area contributed by atoms with Crippen molar-refractivity contribution in [3.8, 4) is 0 Å². The summed E-state index contributed by atoms with van der Waals surface area (Å²) in [5, 5.41) is 4.38. The van der Waals surface area contributed by atoms with E-state index in [0.717, 1.165) is 17.3 Å². The first-order valence-corrected chi connectivity index (χ1v) is 5.70. The lowest BCUT2D eigenvalue weighted by atomic mass is 10.1. The standard InChI is InChI=1S/C9H19NS/c1-4-7(3)9-10-8(5-2)6-11-9/h7-10H,4-6H2,1-3H3. The van der Waals surface area contributed by atoms with Gasteiger partial charge in [0, 0.05) is 11.8 Å². The second-order valence-electron chi connectivity index (χ2n) is 3.41. The Kier molecular flexibility index (Phi) is 3.73. The summed E-state index contributed by atoms with van der Waals surface area (Å²) < 4.78 is 0. The predicted octanol–water partition coefficient (Wildman–Crippen LogP) is 2.47. The third-order valence-corrected chi connectivity index (χ3v) is 4.09. The average Bonchev–Trinajstić information content (AvgIpc) is 2.50. The summed E-state index contributed by atoms with van der Waals surface area (Å²) in [5.41, 5.74) is 0. The van der Waals surface area contributed by atoms with Crippen LogP contribution >= 0.6 is 11.8 Å². The van der Waals surface area contributed by atoms with Gasteiger partial charge in [0.1, 0.15) is 0 Å². The number of thioether (sulfide) groups is 1. The molecule has 0 amide bonds. The zero-order valence-corrected chi connectivity index (χ0v) is 8.58. The second kappa shape index (κ2) is 4.36. The van der Waals surface area contributed by atoms with Gasteiger partial charge in [-0.1, -0.05) is 27.2 Å². The van der Waals surface area contributed by atoms with Crippen LogP contribution in [0.25, 0.3) is 0 Å². The van der Waals surface area contributed by atoms with Gasteiger partial charge in [0.25, 0.3) is 0 Å². The molecule has 0 aromatic carbocycles. The molecule has 0 saturated carbocycles. The zero-order valence-electron chi connectivity index (χ0n) is 7.76. The van der Waals surface area contributed by atoms with E-state index in [-0.39, 0.29) is 0 Å². The largest absolute Gasteiger partial charge is 0.302 e. The van der Waals surface area contributed by atoms with Gasteiger partial charge in [-0.3, -0.25) is 0 Å². The molecule has 1 N–H and O–H groups in total. The van der Waals surface area contributed by atoms with Gasteiger partial charge in [0.2, 0.25) is 0 Å². The van der Waals surface area contributed by atoms with Gasteiger partial charge in [-0.05, 0) is 12.3 Å². The minimum absolute atomic E-state index is 0.727. The molecule has 0 bridgehead atoms. The van der Waals surface area contributed by atoms with Crippen molar-refractivity contribution >= 4 is 11.8 Å². The molecule has 1 aliphatic heterocycles. The summed E-state index contributed by atoms with van der Waals surface area (Å²) in [7, 11) is 0. The van der Waals surface area contributed by atoms with Crippen LogP contribution in [0.5, 0.6) is 0 Å². The molecule has 0 aromatic heterocycles. The minimum Gasteiger partial charge on any atom is -0.302 e. The molecule has 2 heteroatoms. The van der Waals surface area contributed by atoms with Gasteiger partial charge in [0.05, 0.1) is 5.37 Å². The molecule has 0 aliphatic carbocycles. The first-order chi connectivity index (χ1) is 5.27. The van der Waals surface area contributed by atoms with E-state index in [2.05, 4.69) is 37.8 Å². The van der Waals surface area contributed by atoms with E-state index < -0.39 is 0 Å². The molecule has 66 valence electrons. The third kappa shape index (κ3) is 2.38. The van der Waals surface area contributed by atoms with Gasteiger partial charge in [-0.2, -0.15) is 0 Å². The van der Waals surface area contributed by atoms with Crippen molar-refractivity contribution in [2.24, 2.45) is 5.92 Å². The highest BCUT2D eigenvalue weighted by Gasteiger charge is 2.25. The first-order valence-electron chi connectivity index (χ1n) is 4.65. The smallest absolute Gasteiger partial charge is 0.0560 e. The van der Waals surface area contributed by atoms with Crippen LogP contribution in [0.2, 0.25) is 0 Å². The van der Waals surface area contributed by atoms with E-state index in [1.165, 1.54) is 18.6 Å². The molecule has 1 fully saturated rings. The van der Waals surface area contributed by atoms with E-state index in [4.69, 9.17) is 0 Å². The number of hydrogen-bond acceptors (Lipinski definition) is 2. The quantitative estimate of drug-likeness (QED) is 0.703. The topological polar surface area (TPSA) is 12.0 Å². The van der Waals surface area contributed by atoms with Crippen molar-refractivity contribution in [1.82, 2.24) is 5.32 Å². The van der Waals surface area contributed by atoms with Crippen LogP contribution in [0.3, 0.4) is 0 Å². The van der Waals surface area contributed by atoms with E-state index >= 15 is 0 Å². The first kappa shape index (κ1) is 9.40. The molecule has 1 saturated heterocycles. The van der Waals surface area contributed by atoms with Crippen LogP contribution in [0, 0.1) is 5.92 Å². The number of hydrogen-bond donors (Lipinski definition) is 1. The summed E-state index contributed by atoms with van der Waals surface area (Å²) in [6, 6.07) is 0.777. The van der Waals surface area contributed by atoms with Gasteiger partial charge in [-0.15, -0.1) is 11.8 Å². The second-order valence-corrected chi connectivity index (χ2v) is 4.59.